The molecule has 1 amide bonds. The Kier molecular flexibility index (Phi) is 5.56. The summed E-state index contributed by atoms with van der Waals surface area (Å²) in [5, 5.41) is 4.71. The summed E-state index contributed by atoms with van der Waals surface area (Å²) in [5.74, 6) is -0.438. The molecule has 0 spiro atoms. The summed E-state index contributed by atoms with van der Waals surface area (Å²) in [4.78, 5) is 17.0. The van der Waals surface area contributed by atoms with Gasteiger partial charge in [-0.25, -0.2) is 9.37 Å². The number of rotatable bonds is 6. The van der Waals surface area contributed by atoms with Gasteiger partial charge in [0.15, 0.2) is 16.6 Å². The number of hydrogen-bond acceptors (Lipinski definition) is 6. The van der Waals surface area contributed by atoms with Crippen LogP contribution in [0.4, 0.5) is 9.52 Å². The molecular weight excluding hydrogens is 371 g/mol. The zero-order valence-electron chi connectivity index (χ0n) is 14.9. The molecule has 27 heavy (non-hydrogen) atoms. The molecule has 3 aromatic rings. The van der Waals surface area contributed by atoms with E-state index in [2.05, 4.69) is 10.3 Å². The Morgan fingerprint density at radius 1 is 1.04 bits per heavy atom. The van der Waals surface area contributed by atoms with Crippen molar-refractivity contribution in [3.8, 4) is 28.5 Å². The maximum atomic E-state index is 14.2. The van der Waals surface area contributed by atoms with Gasteiger partial charge >= 0.3 is 0 Å². The van der Waals surface area contributed by atoms with Gasteiger partial charge in [0.2, 0.25) is 0 Å². The lowest BCUT2D eigenvalue weighted by molar-refractivity contribution is 0.101. The third kappa shape index (κ3) is 3.70. The lowest BCUT2D eigenvalue weighted by atomic mass is 10.1. The molecule has 0 aliphatic rings. The van der Waals surface area contributed by atoms with E-state index < -0.39 is 11.7 Å². The van der Waals surface area contributed by atoms with Crippen molar-refractivity contribution in [1.82, 2.24) is 4.98 Å². The highest BCUT2D eigenvalue weighted by Crippen LogP contribution is 2.35. The molecule has 0 radical (unpaired) electrons. The van der Waals surface area contributed by atoms with Crippen LogP contribution in [-0.2, 0) is 0 Å². The molecule has 0 unspecified atom stereocenters. The number of para-hydroxylation sites is 1. The number of carbonyl (C=O) groups is 1. The molecule has 2 aromatic carbocycles. The standard InChI is InChI=1S/C19H17FN2O4S/c1-24-14-7-5-4-6-11(14)13-10-27-19(21-13)22-18(23)16-12(20)8-9-15(25-2)17(16)26-3/h4-10H,1-3H3,(H,21,22,23). The Balaban J connectivity index is 1.89. The summed E-state index contributed by atoms with van der Waals surface area (Å²) in [5.41, 5.74) is 1.19. The normalized spacial score (nSPS) is 10.4. The molecule has 0 aliphatic heterocycles. The number of anilines is 1. The second-order valence-corrected chi connectivity index (χ2v) is 6.21. The Morgan fingerprint density at radius 3 is 2.48 bits per heavy atom. The van der Waals surface area contributed by atoms with Gasteiger partial charge in [-0.2, -0.15) is 0 Å². The molecule has 0 fully saturated rings. The smallest absolute Gasteiger partial charge is 0.264 e. The van der Waals surface area contributed by atoms with Gasteiger partial charge in [-0.15, -0.1) is 11.3 Å². The van der Waals surface area contributed by atoms with Gasteiger partial charge in [0, 0.05) is 10.9 Å². The number of hydrogen-bond donors (Lipinski definition) is 1. The summed E-state index contributed by atoms with van der Waals surface area (Å²) in [6.07, 6.45) is 0. The van der Waals surface area contributed by atoms with Crippen molar-refractivity contribution in [3.05, 3.63) is 53.2 Å². The van der Waals surface area contributed by atoms with Crippen molar-refractivity contribution in [2.24, 2.45) is 0 Å². The summed E-state index contributed by atoms with van der Waals surface area (Å²) in [6, 6.07) is 9.96. The van der Waals surface area contributed by atoms with Gasteiger partial charge in [0.1, 0.15) is 17.1 Å². The molecule has 140 valence electrons. The van der Waals surface area contributed by atoms with Crippen LogP contribution in [0, 0.1) is 5.82 Å². The van der Waals surface area contributed by atoms with E-state index in [1.165, 1.54) is 31.6 Å². The number of carbonyl (C=O) groups excluding carboxylic acids is 1. The van der Waals surface area contributed by atoms with Crippen LogP contribution in [0.5, 0.6) is 17.2 Å². The Labute approximate surface area is 159 Å². The van der Waals surface area contributed by atoms with Gasteiger partial charge in [0.25, 0.3) is 5.91 Å². The Morgan fingerprint density at radius 2 is 1.78 bits per heavy atom. The molecule has 0 saturated carbocycles. The summed E-state index contributed by atoms with van der Waals surface area (Å²) in [6.45, 7) is 0. The number of methoxy groups -OCH3 is 3. The third-order valence-electron chi connectivity index (χ3n) is 3.83. The van der Waals surface area contributed by atoms with Gasteiger partial charge in [-0.1, -0.05) is 12.1 Å². The van der Waals surface area contributed by atoms with Crippen molar-refractivity contribution >= 4 is 22.4 Å². The molecule has 6 nitrogen and oxygen atoms in total. The Bertz CT molecular complexity index is 974. The van der Waals surface area contributed by atoms with Crippen molar-refractivity contribution in [1.29, 1.82) is 0 Å². The average molecular weight is 388 g/mol. The van der Waals surface area contributed by atoms with Gasteiger partial charge in [-0.05, 0) is 24.3 Å². The quantitative estimate of drug-likeness (QED) is 0.684. The van der Waals surface area contributed by atoms with E-state index in [1.807, 2.05) is 24.3 Å². The second-order valence-electron chi connectivity index (χ2n) is 5.35. The minimum atomic E-state index is -0.716. The number of thiazole rings is 1. The topological polar surface area (TPSA) is 69.7 Å². The van der Waals surface area contributed by atoms with Crippen LogP contribution in [-0.4, -0.2) is 32.2 Å². The molecule has 0 bridgehead atoms. The van der Waals surface area contributed by atoms with Crippen molar-refractivity contribution in [2.75, 3.05) is 26.6 Å². The summed E-state index contributed by atoms with van der Waals surface area (Å²) < 4.78 is 29.8. The first kappa shape index (κ1) is 18.7. The summed E-state index contributed by atoms with van der Waals surface area (Å²) >= 11 is 1.22. The average Bonchev–Trinajstić information content (AvgIpc) is 3.15. The van der Waals surface area contributed by atoms with Crippen LogP contribution >= 0.6 is 11.3 Å². The predicted molar refractivity (Wildman–Crippen MR) is 102 cm³/mol. The SMILES string of the molecule is COc1ccccc1-c1csc(NC(=O)c2c(F)ccc(OC)c2OC)n1. The lowest BCUT2D eigenvalue weighted by Crippen LogP contribution is -2.15. The molecule has 3 rings (SSSR count). The molecule has 0 atom stereocenters. The largest absolute Gasteiger partial charge is 0.496 e. The van der Waals surface area contributed by atoms with Crippen molar-refractivity contribution < 1.29 is 23.4 Å². The van der Waals surface area contributed by atoms with Crippen LogP contribution in [0.15, 0.2) is 41.8 Å². The van der Waals surface area contributed by atoms with Crippen LogP contribution in [0.3, 0.4) is 0 Å². The van der Waals surface area contributed by atoms with E-state index in [9.17, 15) is 9.18 Å². The zero-order chi connectivity index (χ0) is 19.4. The first-order valence-electron chi connectivity index (χ1n) is 7.89. The van der Waals surface area contributed by atoms with Gasteiger partial charge in [-0.3, -0.25) is 10.1 Å². The van der Waals surface area contributed by atoms with Crippen LogP contribution in [0.25, 0.3) is 11.3 Å². The molecule has 8 heteroatoms. The van der Waals surface area contributed by atoms with Crippen molar-refractivity contribution in [2.45, 2.75) is 0 Å². The number of nitrogens with zero attached hydrogens (tertiary/aromatic N) is 1. The number of aromatic nitrogens is 1. The van der Waals surface area contributed by atoms with E-state index in [4.69, 9.17) is 14.2 Å². The maximum absolute atomic E-state index is 14.2. The third-order valence-corrected chi connectivity index (χ3v) is 4.59. The number of halogens is 1. The van der Waals surface area contributed by atoms with Gasteiger partial charge < -0.3 is 14.2 Å². The highest BCUT2D eigenvalue weighted by atomic mass is 32.1. The summed E-state index contributed by atoms with van der Waals surface area (Å²) in [7, 11) is 4.33. The number of ether oxygens (including phenoxy) is 3. The van der Waals surface area contributed by atoms with E-state index in [-0.39, 0.29) is 17.1 Å². The molecular formula is C19H17FN2O4S. The number of amides is 1. The second kappa shape index (κ2) is 8.05. The minimum absolute atomic E-state index is 0.0245. The lowest BCUT2D eigenvalue weighted by Gasteiger charge is -2.12. The maximum Gasteiger partial charge on any atom is 0.264 e. The van der Waals surface area contributed by atoms with E-state index >= 15 is 0 Å². The molecule has 0 saturated heterocycles. The van der Waals surface area contributed by atoms with Crippen LogP contribution in [0.2, 0.25) is 0 Å². The minimum Gasteiger partial charge on any atom is -0.496 e. The number of nitrogens with one attached hydrogen (secondary N) is 1. The van der Waals surface area contributed by atoms with Crippen molar-refractivity contribution in [3.63, 3.8) is 0 Å². The Hall–Kier alpha value is -3.13. The van der Waals surface area contributed by atoms with Crippen LogP contribution < -0.4 is 19.5 Å². The monoisotopic (exact) mass is 388 g/mol. The van der Waals surface area contributed by atoms with E-state index in [1.54, 1.807) is 12.5 Å². The van der Waals surface area contributed by atoms with Crippen LogP contribution in [0.1, 0.15) is 10.4 Å². The van der Waals surface area contributed by atoms with Gasteiger partial charge in [0.05, 0.1) is 27.0 Å². The molecule has 1 aromatic heterocycles. The fourth-order valence-electron chi connectivity index (χ4n) is 2.59. The van der Waals surface area contributed by atoms with E-state index in [0.717, 1.165) is 11.6 Å². The first-order chi connectivity index (χ1) is 13.1. The molecule has 0 aliphatic carbocycles. The fraction of sp³-hybridized carbons (Fsp3) is 0.158. The molecule has 1 N–H and O–H groups in total. The highest BCUT2D eigenvalue weighted by molar-refractivity contribution is 7.14. The predicted octanol–water partition coefficient (Wildman–Crippen LogP) is 4.23. The fourth-order valence-corrected chi connectivity index (χ4v) is 3.29. The highest BCUT2D eigenvalue weighted by Gasteiger charge is 2.23. The first-order valence-corrected chi connectivity index (χ1v) is 8.77. The zero-order valence-corrected chi connectivity index (χ0v) is 15.7. The molecule has 1 heterocycles. The van der Waals surface area contributed by atoms with E-state index in [0.29, 0.717) is 16.6 Å². The number of benzene rings is 2.